The van der Waals surface area contributed by atoms with Crippen LogP contribution in [0.2, 0.25) is 0 Å². The molecule has 0 amide bonds. The van der Waals surface area contributed by atoms with Crippen LogP contribution in [0, 0.1) is 6.92 Å². The average Bonchev–Trinajstić information content (AvgIpc) is 2.71. The molecule has 1 aliphatic rings. The molecule has 0 spiro atoms. The van der Waals surface area contributed by atoms with E-state index in [1.165, 1.54) is 35.6 Å². The smallest absolute Gasteiger partial charge is 0.0897 e. The second kappa shape index (κ2) is 4.20. The van der Waals surface area contributed by atoms with Crippen molar-refractivity contribution in [2.24, 2.45) is 0 Å². The van der Waals surface area contributed by atoms with Crippen molar-refractivity contribution >= 4 is 11.3 Å². The van der Waals surface area contributed by atoms with E-state index >= 15 is 0 Å². The predicted molar refractivity (Wildman–Crippen MR) is 55.9 cm³/mol. The van der Waals surface area contributed by atoms with E-state index in [9.17, 15) is 0 Å². The van der Waals surface area contributed by atoms with Crippen LogP contribution in [-0.4, -0.2) is 11.0 Å². The number of aromatic nitrogens is 1. The summed E-state index contributed by atoms with van der Waals surface area (Å²) in [4.78, 5) is 5.61. The molecule has 0 saturated heterocycles. The van der Waals surface area contributed by atoms with Gasteiger partial charge in [-0.1, -0.05) is 12.8 Å². The molecule has 3 heteroatoms. The second-order valence-electron chi connectivity index (χ2n) is 3.71. The summed E-state index contributed by atoms with van der Waals surface area (Å²) in [5.41, 5.74) is 0. The first-order chi connectivity index (χ1) is 6.34. The first-order valence-electron chi connectivity index (χ1n) is 4.99. The maximum atomic E-state index is 4.24. The Balaban J connectivity index is 1.78. The largest absolute Gasteiger partial charge is 0.309 e. The summed E-state index contributed by atoms with van der Waals surface area (Å²) in [6.45, 7) is 3.07. The Labute approximate surface area is 83.4 Å². The summed E-state index contributed by atoms with van der Waals surface area (Å²) < 4.78 is 0. The summed E-state index contributed by atoms with van der Waals surface area (Å²) in [7, 11) is 0. The zero-order valence-corrected chi connectivity index (χ0v) is 8.86. The van der Waals surface area contributed by atoms with E-state index in [0.29, 0.717) is 0 Å². The third-order valence-corrected chi connectivity index (χ3v) is 3.50. The van der Waals surface area contributed by atoms with Gasteiger partial charge in [-0.05, 0) is 19.8 Å². The average molecular weight is 196 g/mol. The lowest BCUT2D eigenvalue weighted by Gasteiger charge is -2.09. The van der Waals surface area contributed by atoms with Gasteiger partial charge in [-0.3, -0.25) is 0 Å². The third kappa shape index (κ3) is 2.51. The number of nitrogens with zero attached hydrogens (tertiary/aromatic N) is 1. The Bertz CT molecular complexity index is 264. The number of hydrogen-bond acceptors (Lipinski definition) is 3. The van der Waals surface area contributed by atoms with Gasteiger partial charge in [0.25, 0.3) is 0 Å². The number of hydrogen-bond donors (Lipinski definition) is 1. The lowest BCUT2D eigenvalue weighted by Crippen LogP contribution is -2.24. The Morgan fingerprint density at radius 1 is 1.54 bits per heavy atom. The van der Waals surface area contributed by atoms with E-state index in [2.05, 4.69) is 17.2 Å². The van der Waals surface area contributed by atoms with Crippen molar-refractivity contribution in [3.63, 3.8) is 0 Å². The number of nitrogens with one attached hydrogen (secondary N) is 1. The summed E-state index contributed by atoms with van der Waals surface area (Å²) >= 11 is 1.80. The Morgan fingerprint density at radius 3 is 2.92 bits per heavy atom. The second-order valence-corrected chi connectivity index (χ2v) is 5.03. The van der Waals surface area contributed by atoms with Gasteiger partial charge in [0, 0.05) is 23.7 Å². The van der Waals surface area contributed by atoms with Crippen molar-refractivity contribution in [3.05, 3.63) is 16.1 Å². The molecule has 13 heavy (non-hydrogen) atoms. The van der Waals surface area contributed by atoms with Gasteiger partial charge in [0.1, 0.15) is 0 Å². The molecule has 2 rings (SSSR count). The fraction of sp³-hybridized carbons (Fsp3) is 0.700. The molecular formula is C10H16N2S. The van der Waals surface area contributed by atoms with Crippen LogP contribution in [0.4, 0.5) is 0 Å². The van der Waals surface area contributed by atoms with Crippen molar-refractivity contribution in [2.75, 3.05) is 0 Å². The zero-order chi connectivity index (χ0) is 9.10. The van der Waals surface area contributed by atoms with Crippen molar-refractivity contribution in [2.45, 2.75) is 45.2 Å². The van der Waals surface area contributed by atoms with Gasteiger partial charge in [-0.25, -0.2) is 4.98 Å². The third-order valence-electron chi connectivity index (χ3n) is 2.59. The van der Waals surface area contributed by atoms with Crippen molar-refractivity contribution in [1.82, 2.24) is 10.3 Å². The minimum Gasteiger partial charge on any atom is -0.309 e. The highest BCUT2D eigenvalue weighted by Gasteiger charge is 2.13. The van der Waals surface area contributed by atoms with E-state index in [-0.39, 0.29) is 0 Å². The lowest BCUT2D eigenvalue weighted by molar-refractivity contribution is 0.527. The van der Waals surface area contributed by atoms with Gasteiger partial charge < -0.3 is 5.32 Å². The van der Waals surface area contributed by atoms with Crippen LogP contribution in [0.5, 0.6) is 0 Å². The minimum absolute atomic E-state index is 0.766. The fourth-order valence-electron chi connectivity index (χ4n) is 1.86. The Kier molecular flexibility index (Phi) is 2.96. The zero-order valence-electron chi connectivity index (χ0n) is 8.05. The molecule has 72 valence electrons. The Hall–Kier alpha value is -0.410. The van der Waals surface area contributed by atoms with Crippen LogP contribution in [0.3, 0.4) is 0 Å². The van der Waals surface area contributed by atoms with Crippen molar-refractivity contribution < 1.29 is 0 Å². The molecule has 0 radical (unpaired) electrons. The summed E-state index contributed by atoms with van der Waals surface area (Å²) in [6, 6.07) is 0.766. The molecule has 1 aromatic heterocycles. The molecule has 0 bridgehead atoms. The van der Waals surface area contributed by atoms with Crippen molar-refractivity contribution in [1.29, 1.82) is 0 Å². The lowest BCUT2D eigenvalue weighted by atomic mass is 10.2. The molecule has 1 N–H and O–H groups in total. The molecule has 1 aromatic rings. The topological polar surface area (TPSA) is 24.9 Å². The van der Waals surface area contributed by atoms with Gasteiger partial charge in [0.15, 0.2) is 0 Å². The summed E-state index contributed by atoms with van der Waals surface area (Å²) in [5.74, 6) is 0. The standard InChI is InChI=1S/C10H16N2S/c1-8-11-6-10(13-8)7-12-9-4-2-3-5-9/h6,9,12H,2-5,7H2,1H3. The fourth-order valence-corrected chi connectivity index (χ4v) is 2.61. The van der Waals surface area contributed by atoms with Crippen LogP contribution in [0.15, 0.2) is 6.20 Å². The normalized spacial score (nSPS) is 18.2. The molecule has 0 unspecified atom stereocenters. The van der Waals surface area contributed by atoms with Crippen molar-refractivity contribution in [3.8, 4) is 0 Å². The summed E-state index contributed by atoms with van der Waals surface area (Å²) in [6.07, 6.45) is 7.51. The highest BCUT2D eigenvalue weighted by atomic mass is 32.1. The molecule has 1 heterocycles. The van der Waals surface area contributed by atoms with Gasteiger partial charge in [0.2, 0.25) is 0 Å². The Morgan fingerprint density at radius 2 is 2.31 bits per heavy atom. The molecular weight excluding hydrogens is 180 g/mol. The van der Waals surface area contributed by atoms with Gasteiger partial charge in [-0.15, -0.1) is 11.3 Å². The molecule has 1 saturated carbocycles. The molecule has 1 fully saturated rings. The maximum Gasteiger partial charge on any atom is 0.0897 e. The number of aryl methyl sites for hydroxylation is 1. The van der Waals surface area contributed by atoms with Gasteiger partial charge in [0.05, 0.1) is 5.01 Å². The maximum absolute atomic E-state index is 4.24. The molecule has 1 aliphatic carbocycles. The minimum atomic E-state index is 0.766. The van der Waals surface area contributed by atoms with Crippen LogP contribution in [-0.2, 0) is 6.54 Å². The van der Waals surface area contributed by atoms with Crippen LogP contribution in [0.1, 0.15) is 35.6 Å². The van der Waals surface area contributed by atoms with Crippen LogP contribution >= 0.6 is 11.3 Å². The van der Waals surface area contributed by atoms with E-state index in [1.54, 1.807) is 11.3 Å². The molecule has 2 nitrogen and oxygen atoms in total. The van der Waals surface area contributed by atoms with Gasteiger partial charge in [-0.2, -0.15) is 0 Å². The molecule has 0 atom stereocenters. The monoisotopic (exact) mass is 196 g/mol. The number of rotatable bonds is 3. The molecule has 0 aromatic carbocycles. The van der Waals surface area contributed by atoms with Crippen LogP contribution < -0.4 is 5.32 Å². The summed E-state index contributed by atoms with van der Waals surface area (Å²) in [5, 5.41) is 4.75. The quantitative estimate of drug-likeness (QED) is 0.803. The first-order valence-corrected chi connectivity index (χ1v) is 5.81. The SMILES string of the molecule is Cc1ncc(CNC2CCCC2)s1. The van der Waals surface area contributed by atoms with E-state index < -0.39 is 0 Å². The highest BCUT2D eigenvalue weighted by Crippen LogP contribution is 2.19. The number of thiazole rings is 1. The predicted octanol–water partition coefficient (Wildman–Crippen LogP) is 2.48. The first kappa shape index (κ1) is 9.16. The van der Waals surface area contributed by atoms with Crippen LogP contribution in [0.25, 0.3) is 0 Å². The highest BCUT2D eigenvalue weighted by molar-refractivity contribution is 7.11. The van der Waals surface area contributed by atoms with E-state index in [0.717, 1.165) is 12.6 Å². The molecule has 0 aliphatic heterocycles. The van der Waals surface area contributed by atoms with Gasteiger partial charge >= 0.3 is 0 Å². The van der Waals surface area contributed by atoms with E-state index in [4.69, 9.17) is 0 Å². The van der Waals surface area contributed by atoms with E-state index in [1.807, 2.05) is 6.20 Å².